The maximum Gasteiger partial charge on any atom is 0.121 e. The Balaban J connectivity index is 1.57. The van der Waals surface area contributed by atoms with Gasteiger partial charge in [-0.2, -0.15) is 0 Å². The molecule has 1 atom stereocenters. The Morgan fingerprint density at radius 3 is 3.32 bits per heavy atom. The third kappa shape index (κ3) is 3.19. The van der Waals surface area contributed by atoms with Crippen molar-refractivity contribution in [3.63, 3.8) is 0 Å². The molecule has 0 amide bonds. The summed E-state index contributed by atoms with van der Waals surface area (Å²) in [5.41, 5.74) is 2.62. The van der Waals surface area contributed by atoms with Crippen LogP contribution < -0.4 is 10.1 Å². The average Bonchev–Trinajstić information content (AvgIpc) is 2.45. The molecular formula is C15H22N2O2. The second-order valence-electron chi connectivity index (χ2n) is 5.42. The van der Waals surface area contributed by atoms with Gasteiger partial charge in [0.25, 0.3) is 0 Å². The van der Waals surface area contributed by atoms with Crippen molar-refractivity contribution >= 4 is 5.69 Å². The van der Waals surface area contributed by atoms with Crippen LogP contribution in [-0.2, 0) is 11.2 Å². The average molecular weight is 262 g/mol. The SMILES string of the molecule is CN1CCOC(COc2ccc3c(c2)NCCC3)C1. The van der Waals surface area contributed by atoms with Crippen molar-refractivity contribution in [2.45, 2.75) is 18.9 Å². The van der Waals surface area contributed by atoms with Crippen LogP contribution in [0.25, 0.3) is 0 Å². The summed E-state index contributed by atoms with van der Waals surface area (Å²) >= 11 is 0. The molecule has 3 rings (SSSR count). The van der Waals surface area contributed by atoms with E-state index in [0.717, 1.165) is 32.0 Å². The van der Waals surface area contributed by atoms with Crippen LogP contribution in [-0.4, -0.2) is 50.9 Å². The largest absolute Gasteiger partial charge is 0.491 e. The molecule has 2 aliphatic heterocycles. The lowest BCUT2D eigenvalue weighted by Gasteiger charge is -2.30. The third-order valence-electron chi connectivity index (χ3n) is 3.80. The van der Waals surface area contributed by atoms with Gasteiger partial charge >= 0.3 is 0 Å². The van der Waals surface area contributed by atoms with Crippen molar-refractivity contribution in [3.8, 4) is 5.75 Å². The van der Waals surface area contributed by atoms with E-state index >= 15 is 0 Å². The highest BCUT2D eigenvalue weighted by Gasteiger charge is 2.18. The Hall–Kier alpha value is -1.26. The van der Waals surface area contributed by atoms with E-state index in [0.29, 0.717) is 6.61 Å². The minimum atomic E-state index is 0.183. The number of nitrogens with zero attached hydrogens (tertiary/aromatic N) is 1. The van der Waals surface area contributed by atoms with Crippen molar-refractivity contribution in [1.82, 2.24) is 4.90 Å². The summed E-state index contributed by atoms with van der Waals surface area (Å²) in [6.07, 6.45) is 2.57. The molecule has 2 heterocycles. The Morgan fingerprint density at radius 2 is 2.42 bits per heavy atom. The first kappa shape index (κ1) is 12.8. The highest BCUT2D eigenvalue weighted by molar-refractivity contribution is 5.56. The third-order valence-corrected chi connectivity index (χ3v) is 3.80. The fraction of sp³-hybridized carbons (Fsp3) is 0.600. The van der Waals surface area contributed by atoms with E-state index in [1.165, 1.54) is 24.1 Å². The number of hydrogen-bond acceptors (Lipinski definition) is 4. The summed E-state index contributed by atoms with van der Waals surface area (Å²) in [7, 11) is 2.12. The minimum Gasteiger partial charge on any atom is -0.491 e. The summed E-state index contributed by atoms with van der Waals surface area (Å²) in [6, 6.07) is 6.35. The molecule has 1 fully saturated rings. The minimum absolute atomic E-state index is 0.183. The smallest absolute Gasteiger partial charge is 0.121 e. The zero-order valence-electron chi connectivity index (χ0n) is 11.5. The number of ether oxygens (including phenoxy) is 2. The number of aryl methyl sites for hydroxylation is 1. The van der Waals surface area contributed by atoms with Crippen LogP contribution in [0.15, 0.2) is 18.2 Å². The van der Waals surface area contributed by atoms with E-state index in [1.807, 2.05) is 0 Å². The molecule has 4 heteroatoms. The molecule has 1 saturated heterocycles. The van der Waals surface area contributed by atoms with Crippen LogP contribution >= 0.6 is 0 Å². The Labute approximate surface area is 114 Å². The van der Waals surface area contributed by atoms with Gasteiger partial charge in [-0.05, 0) is 31.5 Å². The van der Waals surface area contributed by atoms with Crippen LogP contribution in [0.4, 0.5) is 5.69 Å². The predicted molar refractivity (Wildman–Crippen MR) is 76.0 cm³/mol. The first-order valence-electron chi connectivity index (χ1n) is 7.11. The molecule has 0 bridgehead atoms. The molecule has 1 aromatic carbocycles. The number of rotatable bonds is 3. The number of nitrogens with one attached hydrogen (secondary N) is 1. The topological polar surface area (TPSA) is 33.7 Å². The number of fused-ring (bicyclic) bond motifs is 1. The van der Waals surface area contributed by atoms with Crippen LogP contribution in [0, 0.1) is 0 Å². The predicted octanol–water partition coefficient (Wildman–Crippen LogP) is 1.75. The number of benzene rings is 1. The molecule has 1 N–H and O–H groups in total. The molecule has 104 valence electrons. The standard InChI is InChI=1S/C15H22N2O2/c1-17-7-8-18-14(10-17)11-19-13-5-4-12-3-2-6-16-15(12)9-13/h4-5,9,14,16H,2-3,6-8,10-11H2,1H3. The molecule has 0 aliphatic carbocycles. The lowest BCUT2D eigenvalue weighted by molar-refractivity contribution is -0.0403. The number of likely N-dealkylation sites (N-methyl/N-ethyl adjacent to an activating group) is 1. The molecule has 0 radical (unpaired) electrons. The molecule has 1 unspecified atom stereocenters. The van der Waals surface area contributed by atoms with Crippen molar-refractivity contribution in [2.24, 2.45) is 0 Å². The lowest BCUT2D eigenvalue weighted by Crippen LogP contribution is -2.42. The second kappa shape index (κ2) is 5.80. The first-order chi connectivity index (χ1) is 9.31. The highest BCUT2D eigenvalue weighted by Crippen LogP contribution is 2.26. The van der Waals surface area contributed by atoms with Gasteiger partial charge in [-0.1, -0.05) is 6.07 Å². The lowest BCUT2D eigenvalue weighted by atomic mass is 10.0. The van der Waals surface area contributed by atoms with Crippen molar-refractivity contribution in [1.29, 1.82) is 0 Å². The molecular weight excluding hydrogens is 240 g/mol. The van der Waals surface area contributed by atoms with Crippen LogP contribution in [0.3, 0.4) is 0 Å². The van der Waals surface area contributed by atoms with Crippen molar-refractivity contribution in [3.05, 3.63) is 23.8 Å². The van der Waals surface area contributed by atoms with Gasteiger partial charge in [-0.25, -0.2) is 0 Å². The summed E-state index contributed by atoms with van der Waals surface area (Å²) in [5.74, 6) is 0.935. The maximum atomic E-state index is 5.87. The van der Waals surface area contributed by atoms with Gasteiger partial charge in [-0.15, -0.1) is 0 Å². The van der Waals surface area contributed by atoms with E-state index < -0.39 is 0 Å². The van der Waals surface area contributed by atoms with E-state index in [1.54, 1.807) is 0 Å². The van der Waals surface area contributed by atoms with E-state index in [4.69, 9.17) is 9.47 Å². The monoisotopic (exact) mass is 262 g/mol. The fourth-order valence-corrected chi connectivity index (χ4v) is 2.69. The summed E-state index contributed by atoms with van der Waals surface area (Å²) < 4.78 is 11.6. The van der Waals surface area contributed by atoms with Crippen molar-refractivity contribution < 1.29 is 9.47 Å². The molecule has 0 saturated carbocycles. The Bertz CT molecular complexity index is 436. The first-order valence-corrected chi connectivity index (χ1v) is 7.11. The highest BCUT2D eigenvalue weighted by atomic mass is 16.5. The van der Waals surface area contributed by atoms with Crippen LogP contribution in [0.2, 0.25) is 0 Å². The van der Waals surface area contributed by atoms with Crippen molar-refractivity contribution in [2.75, 3.05) is 45.2 Å². The molecule has 0 aromatic heterocycles. The van der Waals surface area contributed by atoms with Crippen LogP contribution in [0.5, 0.6) is 5.75 Å². The molecule has 2 aliphatic rings. The molecule has 1 aromatic rings. The zero-order chi connectivity index (χ0) is 13.1. The van der Waals surface area contributed by atoms with Gasteiger partial charge < -0.3 is 19.7 Å². The van der Waals surface area contributed by atoms with Gasteiger partial charge in [-0.3, -0.25) is 0 Å². The quantitative estimate of drug-likeness (QED) is 0.900. The molecule has 0 spiro atoms. The van der Waals surface area contributed by atoms with Gasteiger partial charge in [0.2, 0.25) is 0 Å². The summed E-state index contributed by atoms with van der Waals surface area (Å²) in [6.45, 7) is 4.45. The number of morpholine rings is 1. The van der Waals surface area contributed by atoms with Gasteiger partial charge in [0, 0.05) is 31.4 Å². The zero-order valence-corrected chi connectivity index (χ0v) is 11.5. The van der Waals surface area contributed by atoms with E-state index in [9.17, 15) is 0 Å². The second-order valence-corrected chi connectivity index (χ2v) is 5.42. The van der Waals surface area contributed by atoms with Gasteiger partial charge in [0.1, 0.15) is 18.5 Å². The van der Waals surface area contributed by atoms with Crippen LogP contribution in [0.1, 0.15) is 12.0 Å². The summed E-state index contributed by atoms with van der Waals surface area (Å²) in [4.78, 5) is 2.28. The normalized spacial score (nSPS) is 23.5. The number of anilines is 1. The summed E-state index contributed by atoms with van der Waals surface area (Å²) in [5, 5.41) is 3.43. The molecule has 19 heavy (non-hydrogen) atoms. The van der Waals surface area contributed by atoms with E-state index in [-0.39, 0.29) is 6.10 Å². The molecule has 4 nitrogen and oxygen atoms in total. The maximum absolute atomic E-state index is 5.87. The fourth-order valence-electron chi connectivity index (χ4n) is 2.69. The van der Waals surface area contributed by atoms with Gasteiger partial charge in [0.05, 0.1) is 6.61 Å². The van der Waals surface area contributed by atoms with E-state index in [2.05, 4.69) is 35.5 Å². The Kier molecular flexibility index (Phi) is 3.89. The van der Waals surface area contributed by atoms with Gasteiger partial charge in [0.15, 0.2) is 0 Å². The Morgan fingerprint density at radius 1 is 1.47 bits per heavy atom. The number of hydrogen-bond donors (Lipinski definition) is 1.